The van der Waals surface area contributed by atoms with Gasteiger partial charge in [0.2, 0.25) is 0 Å². The number of aliphatic hydroxyl groups is 1. The summed E-state index contributed by atoms with van der Waals surface area (Å²) >= 11 is 0. The maximum atomic E-state index is 12.1. The summed E-state index contributed by atoms with van der Waals surface area (Å²) in [4.78, 5) is 21.5. The molecule has 0 aliphatic heterocycles. The van der Waals surface area contributed by atoms with E-state index in [1.807, 2.05) is 0 Å². The van der Waals surface area contributed by atoms with E-state index in [0.29, 0.717) is 19.6 Å². The van der Waals surface area contributed by atoms with Crippen LogP contribution >= 0.6 is 15.2 Å². The molecule has 0 aliphatic carbocycles. The van der Waals surface area contributed by atoms with Crippen LogP contribution in [0.15, 0.2) is 0 Å². The highest BCUT2D eigenvalue weighted by atomic mass is 31.2. The van der Waals surface area contributed by atoms with Crippen LogP contribution in [0.1, 0.15) is 116 Å². The largest absolute Gasteiger partial charge is 0.481 e. The van der Waals surface area contributed by atoms with Gasteiger partial charge in [0.05, 0.1) is 19.4 Å². The minimum Gasteiger partial charge on any atom is -0.481 e. The average Bonchev–Trinajstić information content (AvgIpc) is 3.03. The number of hydrogen-bond donors (Lipinski definition) is 3. The van der Waals surface area contributed by atoms with Crippen molar-refractivity contribution in [1.29, 1.82) is 0 Å². The van der Waals surface area contributed by atoms with Gasteiger partial charge in [-0.25, -0.2) is 0 Å². The number of carboxylic acids is 1. The molecule has 0 unspecified atom stereocenters. The molecule has 15 heteroatoms. The van der Waals surface area contributed by atoms with E-state index in [1.54, 1.807) is 0 Å². The van der Waals surface area contributed by atoms with Crippen molar-refractivity contribution in [1.82, 2.24) is 0 Å². The molecular weight excluding hydrogens is 616 g/mol. The third kappa shape index (κ3) is 19.6. The minimum absolute atomic E-state index is 0.0603. The highest BCUT2D eigenvalue weighted by Crippen LogP contribution is 2.75. The van der Waals surface area contributed by atoms with Gasteiger partial charge in [-0.2, -0.15) is 0 Å². The second-order valence-electron chi connectivity index (χ2n) is 10.4. The number of rotatable bonds is 29. The molecule has 0 spiro atoms. The zero-order valence-electron chi connectivity index (χ0n) is 27.8. The summed E-state index contributed by atoms with van der Waals surface area (Å²) < 4.78 is 52.9. The Morgan fingerprint density at radius 3 is 1.39 bits per heavy atom. The van der Waals surface area contributed by atoms with Crippen LogP contribution in [0.25, 0.3) is 0 Å². The Bertz CT molecular complexity index is 773. The molecule has 0 aromatic rings. The SMILES string of the molecule is CCCCCCCCCCCCCCCCOCCCOC(=O)CCC(=O)O.COP(=O)(OC)C(O)(CN)P(=O)(OC)OC. The summed E-state index contributed by atoms with van der Waals surface area (Å²) in [5.41, 5.74) is 5.27. The summed E-state index contributed by atoms with van der Waals surface area (Å²) in [6.07, 6.45) is 19.4. The van der Waals surface area contributed by atoms with Crippen LogP contribution in [-0.2, 0) is 46.3 Å². The second-order valence-corrected chi connectivity index (χ2v) is 15.7. The highest BCUT2D eigenvalue weighted by Gasteiger charge is 2.63. The lowest BCUT2D eigenvalue weighted by atomic mass is 10.0. The fourth-order valence-electron chi connectivity index (χ4n) is 4.24. The summed E-state index contributed by atoms with van der Waals surface area (Å²) in [6.45, 7) is 3.25. The summed E-state index contributed by atoms with van der Waals surface area (Å²) in [7, 11) is -4.17. The zero-order chi connectivity index (χ0) is 33.7. The quantitative estimate of drug-likeness (QED) is 0.0424. The predicted molar refractivity (Wildman–Crippen MR) is 171 cm³/mol. The van der Waals surface area contributed by atoms with Gasteiger partial charge >= 0.3 is 27.1 Å². The molecule has 0 aliphatic rings. The third-order valence-corrected chi connectivity index (χ3v) is 12.5. The highest BCUT2D eigenvalue weighted by molar-refractivity contribution is 7.73. The van der Waals surface area contributed by atoms with Gasteiger partial charge in [0.25, 0.3) is 5.08 Å². The van der Waals surface area contributed by atoms with E-state index in [2.05, 4.69) is 25.0 Å². The van der Waals surface area contributed by atoms with Crippen molar-refractivity contribution in [3.05, 3.63) is 0 Å². The van der Waals surface area contributed by atoms with Crippen LogP contribution < -0.4 is 5.73 Å². The molecule has 44 heavy (non-hydrogen) atoms. The van der Waals surface area contributed by atoms with Crippen molar-refractivity contribution < 1.29 is 56.5 Å². The predicted octanol–water partition coefficient (Wildman–Crippen LogP) is 6.85. The molecule has 0 saturated heterocycles. The Morgan fingerprint density at radius 1 is 0.636 bits per heavy atom. The molecule has 0 saturated carbocycles. The van der Waals surface area contributed by atoms with E-state index < -0.39 is 38.8 Å². The van der Waals surface area contributed by atoms with Gasteiger partial charge in [-0.1, -0.05) is 90.4 Å². The van der Waals surface area contributed by atoms with E-state index >= 15 is 0 Å². The Kier molecular flexibility index (Phi) is 29.2. The van der Waals surface area contributed by atoms with Crippen molar-refractivity contribution in [2.24, 2.45) is 5.73 Å². The molecule has 13 nitrogen and oxygen atoms in total. The van der Waals surface area contributed by atoms with Gasteiger partial charge in [-0.3, -0.25) is 18.7 Å². The molecule has 264 valence electrons. The molecule has 0 bridgehead atoms. The Hall–Kier alpha value is -0.880. The van der Waals surface area contributed by atoms with Gasteiger partial charge < -0.3 is 43.5 Å². The first-order chi connectivity index (χ1) is 21.0. The Balaban J connectivity index is 0. The minimum atomic E-state index is -4.14. The maximum absolute atomic E-state index is 12.1. The lowest BCUT2D eigenvalue weighted by Gasteiger charge is -2.35. The zero-order valence-corrected chi connectivity index (χ0v) is 29.6. The molecule has 0 atom stereocenters. The number of carbonyl (C=O) groups excluding carboxylic acids is 1. The first kappa shape index (κ1) is 45.2. The molecule has 0 aromatic carbocycles. The number of ether oxygens (including phenoxy) is 2. The molecule has 0 amide bonds. The summed E-state index contributed by atoms with van der Waals surface area (Å²) in [6, 6.07) is 0. The smallest absolute Gasteiger partial charge is 0.375 e. The Morgan fingerprint density at radius 2 is 1.02 bits per heavy atom. The number of nitrogens with two attached hydrogens (primary N) is 1. The molecule has 0 fully saturated rings. The molecule has 0 rings (SSSR count). The number of carbonyl (C=O) groups is 2. The molecular formula is C29H61NO12P2. The van der Waals surface area contributed by atoms with Crippen LogP contribution in [0.5, 0.6) is 0 Å². The lowest BCUT2D eigenvalue weighted by Crippen LogP contribution is -2.39. The number of hydrogen-bond acceptors (Lipinski definition) is 12. The maximum Gasteiger partial charge on any atom is 0.375 e. The van der Waals surface area contributed by atoms with Gasteiger partial charge in [0.15, 0.2) is 0 Å². The third-order valence-electron chi connectivity index (χ3n) is 6.99. The van der Waals surface area contributed by atoms with Crippen molar-refractivity contribution in [3.8, 4) is 0 Å². The van der Waals surface area contributed by atoms with Crippen LogP contribution in [0.2, 0.25) is 0 Å². The number of carboxylic acid groups (broad SMARTS) is 1. The molecule has 4 N–H and O–H groups in total. The molecule has 0 heterocycles. The van der Waals surface area contributed by atoms with Crippen LogP contribution in [-0.4, -0.2) is 82.0 Å². The van der Waals surface area contributed by atoms with Crippen molar-refractivity contribution in [3.63, 3.8) is 0 Å². The monoisotopic (exact) mass is 677 g/mol. The van der Waals surface area contributed by atoms with E-state index in [1.165, 1.54) is 83.5 Å². The molecule has 0 radical (unpaired) electrons. The normalized spacial score (nSPS) is 12.1. The van der Waals surface area contributed by atoms with E-state index in [0.717, 1.165) is 41.5 Å². The first-order valence-corrected chi connectivity index (χ1v) is 18.9. The number of unbranched alkanes of at least 4 members (excludes halogenated alkanes) is 13. The van der Waals surface area contributed by atoms with Gasteiger partial charge in [-0.15, -0.1) is 0 Å². The number of aliphatic carboxylic acids is 1. The van der Waals surface area contributed by atoms with Crippen molar-refractivity contribution >= 4 is 27.1 Å². The van der Waals surface area contributed by atoms with Gasteiger partial charge in [-0.05, 0) is 6.42 Å². The van der Waals surface area contributed by atoms with Gasteiger partial charge in [0.1, 0.15) is 0 Å². The molecule has 0 aromatic heterocycles. The second kappa shape index (κ2) is 28.4. The van der Waals surface area contributed by atoms with Crippen LogP contribution in [0.4, 0.5) is 0 Å². The fraction of sp³-hybridized carbons (Fsp3) is 0.931. The number of esters is 1. The van der Waals surface area contributed by atoms with Gasteiger partial charge in [0, 0.05) is 54.6 Å². The lowest BCUT2D eigenvalue weighted by molar-refractivity contribution is -0.148. The van der Waals surface area contributed by atoms with Crippen LogP contribution in [0.3, 0.4) is 0 Å². The fourth-order valence-corrected chi connectivity index (χ4v) is 8.33. The van der Waals surface area contributed by atoms with Crippen molar-refractivity contribution in [2.45, 2.75) is 121 Å². The van der Waals surface area contributed by atoms with E-state index in [4.69, 9.17) is 20.3 Å². The average molecular weight is 678 g/mol. The first-order valence-electron chi connectivity index (χ1n) is 15.8. The summed E-state index contributed by atoms with van der Waals surface area (Å²) in [5.74, 6) is -1.43. The van der Waals surface area contributed by atoms with Crippen LogP contribution in [0, 0.1) is 0 Å². The topological polar surface area (TPSA) is 190 Å². The Labute approximate surface area is 265 Å². The van der Waals surface area contributed by atoms with Crippen molar-refractivity contribution in [2.75, 3.05) is 54.8 Å². The standard InChI is InChI=1S/C23H44O5.C6H17NO7P2/c1-2-3-4-5-6-7-8-9-10-11-12-13-14-15-19-27-20-16-21-28-23(26)18-17-22(24)25;1-11-15(9,12-2)6(8,5-7)16(10,13-3)14-4/h2-21H2,1H3,(H,24,25);8H,5,7H2,1-4H3. The van der Waals surface area contributed by atoms with E-state index in [-0.39, 0.29) is 12.8 Å². The van der Waals surface area contributed by atoms with E-state index in [9.17, 15) is 23.8 Å². The summed E-state index contributed by atoms with van der Waals surface area (Å²) in [5, 5.41) is 16.0.